The number of carbonyl (C=O) groups excluding carboxylic acids is 1. The summed E-state index contributed by atoms with van der Waals surface area (Å²) in [4.78, 5) is 24.4. The smallest absolute Gasteiger partial charge is 0.322 e. The summed E-state index contributed by atoms with van der Waals surface area (Å²) in [7, 11) is 4.88. The maximum Gasteiger partial charge on any atom is 0.322 e. The van der Waals surface area contributed by atoms with Gasteiger partial charge in [-0.3, -0.25) is 4.79 Å². The van der Waals surface area contributed by atoms with Gasteiger partial charge in [0.15, 0.2) is 5.82 Å². The molecule has 25 heavy (non-hydrogen) atoms. The number of rotatable bonds is 6. The maximum atomic E-state index is 12.3. The standard InChI is InChI=1S/C17H19N5O3/c1-22-10-11(12-6-4-5-7-13(12)22)8-15(23)18-9-14-19-16(24-2)21-17(20-14)25-3/h4-7,10H,8-9H2,1-3H3,(H,18,23). The van der Waals surface area contributed by atoms with Gasteiger partial charge >= 0.3 is 12.0 Å². The second-order valence-corrected chi connectivity index (χ2v) is 5.46. The number of benzene rings is 1. The van der Waals surface area contributed by atoms with Gasteiger partial charge in [-0.25, -0.2) is 0 Å². The van der Waals surface area contributed by atoms with Crippen molar-refractivity contribution in [3.05, 3.63) is 41.9 Å². The first-order valence-electron chi connectivity index (χ1n) is 7.73. The highest BCUT2D eigenvalue weighted by Crippen LogP contribution is 2.20. The number of aryl methyl sites for hydroxylation is 1. The fourth-order valence-electron chi connectivity index (χ4n) is 2.62. The first-order chi connectivity index (χ1) is 12.1. The highest BCUT2D eigenvalue weighted by atomic mass is 16.5. The Kier molecular flexibility index (Phi) is 4.78. The third-order valence-electron chi connectivity index (χ3n) is 3.78. The van der Waals surface area contributed by atoms with Crippen molar-refractivity contribution >= 4 is 16.8 Å². The average molecular weight is 341 g/mol. The molecule has 1 amide bonds. The molecule has 0 bridgehead atoms. The molecule has 3 aromatic rings. The molecule has 0 aliphatic heterocycles. The fourth-order valence-corrected chi connectivity index (χ4v) is 2.62. The number of hydrogen-bond donors (Lipinski definition) is 1. The summed E-state index contributed by atoms with van der Waals surface area (Å²) in [6, 6.07) is 8.27. The average Bonchev–Trinajstić information content (AvgIpc) is 2.95. The van der Waals surface area contributed by atoms with E-state index >= 15 is 0 Å². The van der Waals surface area contributed by atoms with Gasteiger partial charge in [-0.1, -0.05) is 18.2 Å². The van der Waals surface area contributed by atoms with Gasteiger partial charge in [-0.2, -0.15) is 9.97 Å². The summed E-state index contributed by atoms with van der Waals surface area (Å²) in [5.74, 6) is 0.254. The van der Waals surface area contributed by atoms with Crippen LogP contribution in [-0.2, 0) is 24.8 Å². The lowest BCUT2D eigenvalue weighted by Crippen LogP contribution is -2.25. The van der Waals surface area contributed by atoms with Crippen molar-refractivity contribution in [2.75, 3.05) is 14.2 Å². The van der Waals surface area contributed by atoms with Gasteiger partial charge in [-0.05, 0) is 11.6 Å². The summed E-state index contributed by atoms with van der Waals surface area (Å²) >= 11 is 0. The van der Waals surface area contributed by atoms with Crippen molar-refractivity contribution in [1.29, 1.82) is 0 Å². The number of carbonyl (C=O) groups is 1. The van der Waals surface area contributed by atoms with Crippen molar-refractivity contribution in [2.24, 2.45) is 7.05 Å². The van der Waals surface area contributed by atoms with Crippen molar-refractivity contribution in [2.45, 2.75) is 13.0 Å². The Morgan fingerprint density at radius 2 is 1.80 bits per heavy atom. The van der Waals surface area contributed by atoms with Gasteiger partial charge in [0.05, 0.1) is 27.2 Å². The van der Waals surface area contributed by atoms with E-state index in [0.29, 0.717) is 5.82 Å². The number of aromatic nitrogens is 4. The minimum Gasteiger partial charge on any atom is -0.467 e. The van der Waals surface area contributed by atoms with Crippen LogP contribution in [0.1, 0.15) is 11.4 Å². The number of amides is 1. The second-order valence-electron chi connectivity index (χ2n) is 5.46. The van der Waals surface area contributed by atoms with Crippen LogP contribution in [0, 0.1) is 0 Å². The highest BCUT2D eigenvalue weighted by molar-refractivity contribution is 5.89. The van der Waals surface area contributed by atoms with Crippen LogP contribution >= 0.6 is 0 Å². The molecule has 1 aromatic carbocycles. The van der Waals surface area contributed by atoms with Crippen LogP contribution in [0.3, 0.4) is 0 Å². The normalized spacial score (nSPS) is 10.7. The molecule has 0 spiro atoms. The SMILES string of the molecule is COc1nc(CNC(=O)Cc2cn(C)c3ccccc23)nc(OC)n1. The summed E-state index contributed by atoms with van der Waals surface area (Å²) in [6.07, 6.45) is 2.25. The monoisotopic (exact) mass is 341 g/mol. The van der Waals surface area contributed by atoms with Gasteiger partial charge in [0.1, 0.15) is 0 Å². The molecule has 8 heteroatoms. The zero-order valence-corrected chi connectivity index (χ0v) is 14.3. The van der Waals surface area contributed by atoms with Crippen LogP contribution in [0.5, 0.6) is 12.0 Å². The number of nitrogens with zero attached hydrogens (tertiary/aromatic N) is 4. The second kappa shape index (κ2) is 7.16. The molecule has 0 radical (unpaired) electrons. The third-order valence-corrected chi connectivity index (χ3v) is 3.78. The lowest BCUT2D eigenvalue weighted by molar-refractivity contribution is -0.120. The van der Waals surface area contributed by atoms with E-state index in [0.717, 1.165) is 16.5 Å². The van der Waals surface area contributed by atoms with E-state index in [1.807, 2.05) is 42.1 Å². The number of methoxy groups -OCH3 is 2. The Morgan fingerprint density at radius 1 is 1.12 bits per heavy atom. The molecule has 0 aliphatic rings. The van der Waals surface area contributed by atoms with Crippen LogP contribution in [-0.4, -0.2) is 39.6 Å². The summed E-state index contributed by atoms with van der Waals surface area (Å²) < 4.78 is 12.0. The molecule has 2 aromatic heterocycles. The van der Waals surface area contributed by atoms with Crippen LogP contribution in [0.2, 0.25) is 0 Å². The number of para-hydroxylation sites is 1. The van der Waals surface area contributed by atoms with E-state index in [-0.39, 0.29) is 30.9 Å². The number of hydrogen-bond acceptors (Lipinski definition) is 6. The maximum absolute atomic E-state index is 12.3. The predicted octanol–water partition coefficient (Wildman–Crippen LogP) is 1.24. The minimum atomic E-state index is -0.116. The Labute approximate surface area is 144 Å². The van der Waals surface area contributed by atoms with Gasteiger partial charge in [0.2, 0.25) is 5.91 Å². The van der Waals surface area contributed by atoms with Crippen LogP contribution < -0.4 is 14.8 Å². The molecule has 0 saturated carbocycles. The van der Waals surface area contributed by atoms with Crippen LogP contribution in [0.25, 0.3) is 10.9 Å². The minimum absolute atomic E-state index is 0.116. The number of ether oxygens (including phenoxy) is 2. The number of nitrogens with one attached hydrogen (secondary N) is 1. The van der Waals surface area contributed by atoms with Crippen LogP contribution in [0.4, 0.5) is 0 Å². The molecule has 0 saturated heterocycles. The van der Waals surface area contributed by atoms with E-state index < -0.39 is 0 Å². The molecule has 0 fully saturated rings. The summed E-state index contributed by atoms with van der Waals surface area (Å²) in [6.45, 7) is 0.166. The summed E-state index contributed by atoms with van der Waals surface area (Å²) in [5, 5.41) is 3.88. The Balaban J connectivity index is 1.69. The van der Waals surface area contributed by atoms with Gasteiger partial charge < -0.3 is 19.4 Å². The molecule has 0 unspecified atom stereocenters. The van der Waals surface area contributed by atoms with Gasteiger partial charge in [-0.15, -0.1) is 4.98 Å². The zero-order valence-electron chi connectivity index (χ0n) is 14.3. The van der Waals surface area contributed by atoms with Crippen molar-refractivity contribution in [3.63, 3.8) is 0 Å². The van der Waals surface area contributed by atoms with E-state index in [9.17, 15) is 4.79 Å². The first kappa shape index (κ1) is 16.7. The molecular weight excluding hydrogens is 322 g/mol. The largest absolute Gasteiger partial charge is 0.467 e. The van der Waals surface area contributed by atoms with E-state index in [4.69, 9.17) is 9.47 Å². The molecular formula is C17H19N5O3. The van der Waals surface area contributed by atoms with Crippen molar-refractivity contribution < 1.29 is 14.3 Å². The van der Waals surface area contributed by atoms with Crippen molar-refractivity contribution in [3.8, 4) is 12.0 Å². The van der Waals surface area contributed by atoms with Gasteiger partial charge in [0, 0.05) is 24.1 Å². The van der Waals surface area contributed by atoms with E-state index in [1.165, 1.54) is 14.2 Å². The molecule has 130 valence electrons. The fraction of sp³-hybridized carbons (Fsp3) is 0.294. The molecule has 1 N–H and O–H groups in total. The summed E-state index contributed by atoms with van der Waals surface area (Å²) in [5.41, 5.74) is 2.07. The Bertz CT molecular complexity index is 884. The van der Waals surface area contributed by atoms with Gasteiger partial charge in [0.25, 0.3) is 0 Å². The molecule has 0 atom stereocenters. The van der Waals surface area contributed by atoms with Crippen molar-refractivity contribution in [1.82, 2.24) is 24.8 Å². The first-order valence-corrected chi connectivity index (χ1v) is 7.73. The van der Waals surface area contributed by atoms with E-state index in [1.54, 1.807) is 0 Å². The molecule has 0 aliphatic carbocycles. The molecule has 2 heterocycles. The van der Waals surface area contributed by atoms with E-state index in [2.05, 4.69) is 20.3 Å². The zero-order chi connectivity index (χ0) is 17.8. The molecule has 8 nitrogen and oxygen atoms in total. The van der Waals surface area contributed by atoms with Crippen LogP contribution in [0.15, 0.2) is 30.5 Å². The Morgan fingerprint density at radius 3 is 2.48 bits per heavy atom. The lowest BCUT2D eigenvalue weighted by atomic mass is 10.1. The predicted molar refractivity (Wildman–Crippen MR) is 91.4 cm³/mol. The topological polar surface area (TPSA) is 91.2 Å². The quantitative estimate of drug-likeness (QED) is 0.725. The highest BCUT2D eigenvalue weighted by Gasteiger charge is 2.12. The Hall–Kier alpha value is -3.16. The third kappa shape index (κ3) is 3.68. The molecule has 3 rings (SSSR count). The number of fused-ring (bicyclic) bond motifs is 1. The lowest BCUT2D eigenvalue weighted by Gasteiger charge is -2.06.